The van der Waals surface area contributed by atoms with E-state index < -0.39 is 17.0 Å². The lowest BCUT2D eigenvalue weighted by Gasteiger charge is -2.71. The summed E-state index contributed by atoms with van der Waals surface area (Å²) in [5, 5.41) is 22.5. The number of allylic oxidation sites excluding steroid dienone is 1. The Bertz CT molecular complexity index is 1030. The van der Waals surface area contributed by atoms with Crippen molar-refractivity contribution in [3.8, 4) is 0 Å². The molecule has 0 unspecified atom stereocenters. The summed E-state index contributed by atoms with van der Waals surface area (Å²) in [6.45, 7) is 17.5. The zero-order chi connectivity index (χ0) is 27.4. The molecule has 0 aromatic heterocycles. The number of carboxylic acid groups (broad SMARTS) is 1. The van der Waals surface area contributed by atoms with Gasteiger partial charge in [-0.1, -0.05) is 53.2 Å². The number of fused-ring (bicyclic) bond motifs is 7. The molecule has 0 amide bonds. The van der Waals surface area contributed by atoms with E-state index in [-0.39, 0.29) is 45.6 Å². The quantitative estimate of drug-likeness (QED) is 0.314. The molecule has 4 fully saturated rings. The summed E-state index contributed by atoms with van der Waals surface area (Å²) < 4.78 is 5.86. The summed E-state index contributed by atoms with van der Waals surface area (Å²) in [6.07, 6.45) is 10.4. The maximum absolute atomic E-state index is 12.9. The molecule has 37 heavy (non-hydrogen) atoms. The summed E-state index contributed by atoms with van der Waals surface area (Å²) in [5.41, 5.74) is -0.708. The molecule has 208 valence electrons. The molecule has 5 rings (SSSR count). The molecule has 0 radical (unpaired) electrons. The fourth-order valence-electron chi connectivity index (χ4n) is 11.2. The van der Waals surface area contributed by atoms with Crippen LogP contribution in [0.5, 0.6) is 0 Å². The number of aliphatic hydroxyl groups is 1. The molecule has 0 heterocycles. The van der Waals surface area contributed by atoms with Gasteiger partial charge in [0.15, 0.2) is 0 Å². The second-order valence-corrected chi connectivity index (χ2v) is 15.3. The number of ether oxygens (including phenoxy) is 1. The van der Waals surface area contributed by atoms with Gasteiger partial charge in [-0.25, -0.2) is 0 Å². The summed E-state index contributed by atoms with van der Waals surface area (Å²) >= 11 is 0. The molecule has 5 nitrogen and oxygen atoms in total. The van der Waals surface area contributed by atoms with Crippen LogP contribution in [0.25, 0.3) is 0 Å². The molecule has 0 spiro atoms. The fourth-order valence-corrected chi connectivity index (χ4v) is 11.2. The lowest BCUT2D eigenvalue weighted by atomic mass is 9.33. The molecular weight excluding hydrogens is 464 g/mol. The number of carbonyl (C=O) groups excluding carboxylic acids is 1. The number of aliphatic carboxylic acids is 1. The van der Waals surface area contributed by atoms with Crippen molar-refractivity contribution in [1.82, 2.24) is 0 Å². The van der Waals surface area contributed by atoms with Crippen LogP contribution in [0.4, 0.5) is 0 Å². The highest BCUT2D eigenvalue weighted by molar-refractivity contribution is 5.77. The van der Waals surface area contributed by atoms with Crippen LogP contribution in [0.1, 0.15) is 113 Å². The van der Waals surface area contributed by atoms with Crippen LogP contribution < -0.4 is 0 Å². The van der Waals surface area contributed by atoms with E-state index in [0.29, 0.717) is 24.7 Å². The van der Waals surface area contributed by atoms with E-state index in [2.05, 4.69) is 47.6 Å². The van der Waals surface area contributed by atoms with Crippen LogP contribution in [-0.2, 0) is 14.3 Å². The Labute approximate surface area is 223 Å². The van der Waals surface area contributed by atoms with Crippen LogP contribution in [0.2, 0.25) is 0 Å². The Balaban J connectivity index is 1.59. The van der Waals surface area contributed by atoms with Gasteiger partial charge in [-0.3, -0.25) is 9.59 Å². The van der Waals surface area contributed by atoms with Crippen LogP contribution in [-0.4, -0.2) is 33.9 Å². The molecule has 0 aromatic carbocycles. The molecule has 4 saturated carbocycles. The van der Waals surface area contributed by atoms with E-state index in [1.54, 1.807) is 0 Å². The maximum Gasteiger partial charge on any atom is 0.310 e. The number of hydrogen-bond donors (Lipinski definition) is 2. The second-order valence-electron chi connectivity index (χ2n) is 15.3. The Hall–Kier alpha value is -1.36. The van der Waals surface area contributed by atoms with Crippen molar-refractivity contribution in [2.45, 2.75) is 125 Å². The van der Waals surface area contributed by atoms with Gasteiger partial charge < -0.3 is 14.9 Å². The zero-order valence-electron chi connectivity index (χ0n) is 24.4. The van der Waals surface area contributed by atoms with Gasteiger partial charge in [-0.05, 0) is 98.7 Å². The monoisotopic (exact) mass is 514 g/mol. The van der Waals surface area contributed by atoms with Gasteiger partial charge in [0.05, 0.1) is 11.0 Å². The Morgan fingerprint density at radius 3 is 2.22 bits per heavy atom. The van der Waals surface area contributed by atoms with Crippen molar-refractivity contribution in [2.24, 2.45) is 50.7 Å². The predicted octanol–water partition coefficient (Wildman–Crippen LogP) is 6.78. The number of hydrogen-bond acceptors (Lipinski definition) is 4. The van der Waals surface area contributed by atoms with Crippen molar-refractivity contribution in [1.29, 1.82) is 0 Å². The topological polar surface area (TPSA) is 83.8 Å². The Kier molecular flexibility index (Phi) is 5.95. The number of rotatable bonds is 2. The van der Waals surface area contributed by atoms with Gasteiger partial charge in [0.1, 0.15) is 6.10 Å². The van der Waals surface area contributed by atoms with Crippen molar-refractivity contribution in [3.63, 3.8) is 0 Å². The number of carboxylic acids is 1. The minimum Gasteiger partial charge on any atom is -0.481 e. The first-order valence-corrected chi connectivity index (χ1v) is 14.8. The molecule has 0 saturated heterocycles. The molecule has 5 heteroatoms. The van der Waals surface area contributed by atoms with Crippen molar-refractivity contribution in [2.75, 3.05) is 0 Å². The second kappa shape index (κ2) is 8.08. The third-order valence-corrected chi connectivity index (χ3v) is 13.7. The lowest BCUT2D eigenvalue weighted by Crippen LogP contribution is -2.67. The average Bonchev–Trinajstić information content (AvgIpc) is 2.78. The Morgan fingerprint density at radius 2 is 1.59 bits per heavy atom. The molecule has 10 atom stereocenters. The SMILES string of the molecule is CC(=O)O[C@@H]1CC[C@]2(C)[C@H]3CC=C4[C@H]5[C@](C(=O)O)(CC[C@@H](C)[C@@]5(C)O)CC[C@@]4(C)[C@]3(C)CC[C@H]2C1(C)C. The number of esters is 1. The molecule has 5 aliphatic rings. The van der Waals surface area contributed by atoms with Crippen molar-refractivity contribution < 1.29 is 24.5 Å². The van der Waals surface area contributed by atoms with Gasteiger partial charge in [-0.2, -0.15) is 0 Å². The third-order valence-electron chi connectivity index (χ3n) is 13.7. The van der Waals surface area contributed by atoms with Crippen molar-refractivity contribution in [3.05, 3.63) is 11.6 Å². The van der Waals surface area contributed by atoms with E-state index in [9.17, 15) is 19.8 Å². The highest BCUT2D eigenvalue weighted by Crippen LogP contribution is 2.76. The van der Waals surface area contributed by atoms with Crippen LogP contribution >= 0.6 is 0 Å². The van der Waals surface area contributed by atoms with E-state index in [0.717, 1.165) is 44.9 Å². The maximum atomic E-state index is 12.9. The smallest absolute Gasteiger partial charge is 0.310 e. The predicted molar refractivity (Wildman–Crippen MR) is 144 cm³/mol. The lowest BCUT2D eigenvalue weighted by molar-refractivity contribution is -0.221. The Morgan fingerprint density at radius 1 is 0.919 bits per heavy atom. The first-order chi connectivity index (χ1) is 17.0. The first kappa shape index (κ1) is 27.2. The fraction of sp³-hybridized carbons (Fsp3) is 0.875. The molecule has 0 bridgehead atoms. The minimum atomic E-state index is -1.03. The highest BCUT2D eigenvalue weighted by atomic mass is 16.5. The molecule has 0 aromatic rings. The van der Waals surface area contributed by atoms with Crippen LogP contribution in [0.15, 0.2) is 11.6 Å². The number of carbonyl (C=O) groups is 2. The van der Waals surface area contributed by atoms with Gasteiger partial charge in [0.2, 0.25) is 0 Å². The molecule has 0 aliphatic heterocycles. The summed E-state index contributed by atoms with van der Waals surface area (Å²) in [5.74, 6) is -0.217. The standard InChI is InChI=1S/C32H50O5/c1-19-11-16-32(26(34)35)18-17-29(6)21(25(32)31(19,8)36)9-10-23-28(5)14-13-24(37-20(2)33)27(3,4)22(28)12-15-30(23,29)7/h9,19,22-25,36H,10-18H2,1-8H3,(H,34,35)/t19-,22+,23-,24-,25-,28+,29-,30-,31-,32+/m1/s1. The van der Waals surface area contributed by atoms with E-state index >= 15 is 0 Å². The third kappa shape index (κ3) is 3.31. The summed E-state index contributed by atoms with van der Waals surface area (Å²) in [6, 6.07) is 0. The zero-order valence-corrected chi connectivity index (χ0v) is 24.4. The van der Waals surface area contributed by atoms with Crippen molar-refractivity contribution >= 4 is 11.9 Å². The molecule has 5 aliphatic carbocycles. The minimum absolute atomic E-state index is 0.0358. The highest BCUT2D eigenvalue weighted by Gasteiger charge is 2.71. The van der Waals surface area contributed by atoms with Gasteiger partial charge >= 0.3 is 11.9 Å². The normalized spacial score (nSPS) is 52.5. The van der Waals surface area contributed by atoms with E-state index in [4.69, 9.17) is 4.74 Å². The van der Waals surface area contributed by atoms with Gasteiger partial charge in [0.25, 0.3) is 0 Å². The average molecular weight is 515 g/mol. The first-order valence-electron chi connectivity index (χ1n) is 14.8. The van der Waals surface area contributed by atoms with E-state index in [1.807, 2.05) is 6.92 Å². The molecule has 2 N–H and O–H groups in total. The largest absolute Gasteiger partial charge is 0.481 e. The van der Waals surface area contributed by atoms with Crippen LogP contribution in [0, 0.1) is 50.7 Å². The summed E-state index contributed by atoms with van der Waals surface area (Å²) in [4.78, 5) is 24.8. The molecular formula is C32H50O5. The van der Waals surface area contributed by atoms with Gasteiger partial charge in [-0.15, -0.1) is 0 Å². The summed E-state index contributed by atoms with van der Waals surface area (Å²) in [7, 11) is 0. The van der Waals surface area contributed by atoms with Crippen LogP contribution in [0.3, 0.4) is 0 Å². The van der Waals surface area contributed by atoms with Gasteiger partial charge in [0, 0.05) is 18.3 Å². The van der Waals surface area contributed by atoms with E-state index in [1.165, 1.54) is 12.5 Å².